The number of alkyl halides is 3. The van der Waals surface area contributed by atoms with E-state index in [1.165, 1.54) is 6.07 Å². The Bertz CT molecular complexity index is 614. The van der Waals surface area contributed by atoms with Crippen LogP contribution < -0.4 is 5.32 Å². The predicted octanol–water partition coefficient (Wildman–Crippen LogP) is 5.73. The van der Waals surface area contributed by atoms with Gasteiger partial charge in [0, 0.05) is 21.7 Å². The van der Waals surface area contributed by atoms with Gasteiger partial charge in [-0.2, -0.15) is 13.2 Å². The Morgan fingerprint density at radius 3 is 2.50 bits per heavy atom. The van der Waals surface area contributed by atoms with Gasteiger partial charge >= 0.3 is 6.18 Å². The van der Waals surface area contributed by atoms with Gasteiger partial charge in [-0.1, -0.05) is 39.7 Å². The van der Waals surface area contributed by atoms with Crippen LogP contribution in [0, 0.1) is 0 Å². The van der Waals surface area contributed by atoms with Gasteiger partial charge in [-0.05, 0) is 35.9 Å². The third kappa shape index (κ3) is 3.90. The lowest BCUT2D eigenvalue weighted by Crippen LogP contribution is -2.06. The van der Waals surface area contributed by atoms with E-state index < -0.39 is 11.7 Å². The van der Waals surface area contributed by atoms with Gasteiger partial charge in [-0.3, -0.25) is 0 Å². The van der Waals surface area contributed by atoms with E-state index in [4.69, 9.17) is 11.6 Å². The van der Waals surface area contributed by atoms with Gasteiger partial charge in [-0.15, -0.1) is 0 Å². The van der Waals surface area contributed by atoms with Gasteiger partial charge < -0.3 is 5.32 Å². The highest BCUT2D eigenvalue weighted by atomic mass is 79.9. The first-order chi connectivity index (χ1) is 9.36. The summed E-state index contributed by atoms with van der Waals surface area (Å²) >= 11 is 9.19. The third-order valence-corrected chi connectivity index (χ3v) is 3.66. The predicted molar refractivity (Wildman–Crippen MR) is 77.9 cm³/mol. The molecule has 0 saturated carbocycles. The summed E-state index contributed by atoms with van der Waals surface area (Å²) in [6.45, 7) is 0.402. The Hall–Kier alpha value is -1.20. The molecule has 106 valence electrons. The molecule has 2 rings (SSSR count). The van der Waals surface area contributed by atoms with Gasteiger partial charge in [0.15, 0.2) is 0 Å². The Morgan fingerprint density at radius 2 is 1.85 bits per heavy atom. The average Bonchev–Trinajstić information content (AvgIpc) is 2.37. The van der Waals surface area contributed by atoms with E-state index >= 15 is 0 Å². The van der Waals surface area contributed by atoms with E-state index in [0.29, 0.717) is 17.3 Å². The minimum atomic E-state index is -4.33. The monoisotopic (exact) mass is 363 g/mol. The Balaban J connectivity index is 2.11. The second kappa shape index (κ2) is 6.06. The van der Waals surface area contributed by atoms with Crippen molar-refractivity contribution in [3.05, 3.63) is 63.1 Å². The fourth-order valence-electron chi connectivity index (χ4n) is 1.67. The van der Waals surface area contributed by atoms with Crippen LogP contribution in [0.2, 0.25) is 5.02 Å². The Kier molecular flexibility index (Phi) is 4.60. The quantitative estimate of drug-likeness (QED) is 0.733. The Labute approximate surface area is 127 Å². The molecule has 0 aromatic heterocycles. The molecule has 0 unspecified atom stereocenters. The van der Waals surface area contributed by atoms with Gasteiger partial charge in [0.1, 0.15) is 0 Å². The summed E-state index contributed by atoms with van der Waals surface area (Å²) in [6.07, 6.45) is -4.33. The van der Waals surface area contributed by atoms with Crippen LogP contribution in [0.3, 0.4) is 0 Å². The molecule has 0 aliphatic carbocycles. The maximum atomic E-state index is 12.6. The molecule has 0 heterocycles. The van der Waals surface area contributed by atoms with Crippen molar-refractivity contribution >= 4 is 33.2 Å². The molecular formula is C14H10BrClF3N. The molecule has 0 atom stereocenters. The van der Waals surface area contributed by atoms with E-state index in [9.17, 15) is 13.2 Å². The molecule has 0 fully saturated rings. The van der Waals surface area contributed by atoms with Crippen molar-refractivity contribution < 1.29 is 13.2 Å². The first-order valence-electron chi connectivity index (χ1n) is 5.71. The van der Waals surface area contributed by atoms with Crippen LogP contribution in [0.15, 0.2) is 46.9 Å². The first kappa shape index (κ1) is 15.2. The highest BCUT2D eigenvalue weighted by Gasteiger charge is 2.30. The van der Waals surface area contributed by atoms with E-state index in [1.54, 1.807) is 18.2 Å². The van der Waals surface area contributed by atoms with Crippen molar-refractivity contribution in [1.82, 2.24) is 0 Å². The van der Waals surface area contributed by atoms with Crippen LogP contribution in [-0.2, 0) is 12.7 Å². The number of anilines is 1. The molecule has 0 aliphatic heterocycles. The van der Waals surface area contributed by atoms with Crippen LogP contribution in [-0.4, -0.2) is 0 Å². The molecule has 0 bridgehead atoms. The first-order valence-corrected chi connectivity index (χ1v) is 6.88. The van der Waals surface area contributed by atoms with Gasteiger partial charge in [0.05, 0.1) is 5.56 Å². The minimum absolute atomic E-state index is 0.402. The van der Waals surface area contributed by atoms with Crippen LogP contribution in [0.4, 0.5) is 18.9 Å². The fourth-order valence-corrected chi connectivity index (χ4v) is 2.49. The standard InChI is InChI=1S/C14H10BrClF3N/c15-13-7-11(16)5-4-9(13)8-20-12-3-1-2-10(6-12)14(17,18)19/h1-7,20H,8H2. The average molecular weight is 365 g/mol. The molecule has 2 aromatic carbocycles. The topological polar surface area (TPSA) is 12.0 Å². The molecule has 1 nitrogen and oxygen atoms in total. The molecule has 1 N–H and O–H groups in total. The number of benzene rings is 2. The summed E-state index contributed by atoms with van der Waals surface area (Å²) in [5, 5.41) is 3.56. The van der Waals surface area contributed by atoms with Crippen molar-refractivity contribution in [3.63, 3.8) is 0 Å². The van der Waals surface area contributed by atoms with Crippen molar-refractivity contribution in [2.45, 2.75) is 12.7 Å². The second-order valence-electron chi connectivity index (χ2n) is 4.17. The lowest BCUT2D eigenvalue weighted by Gasteiger charge is -2.11. The zero-order valence-corrected chi connectivity index (χ0v) is 12.5. The maximum absolute atomic E-state index is 12.6. The molecule has 2 aromatic rings. The highest BCUT2D eigenvalue weighted by Crippen LogP contribution is 2.31. The Morgan fingerprint density at radius 1 is 1.10 bits per heavy atom. The minimum Gasteiger partial charge on any atom is -0.381 e. The molecule has 20 heavy (non-hydrogen) atoms. The van der Waals surface area contributed by atoms with Crippen LogP contribution >= 0.6 is 27.5 Å². The number of halogens is 5. The smallest absolute Gasteiger partial charge is 0.381 e. The fraction of sp³-hybridized carbons (Fsp3) is 0.143. The molecule has 6 heteroatoms. The summed E-state index contributed by atoms with van der Waals surface area (Å²) < 4.78 is 38.6. The zero-order valence-electron chi connectivity index (χ0n) is 10.1. The summed E-state index contributed by atoms with van der Waals surface area (Å²) in [7, 11) is 0. The van der Waals surface area contributed by atoms with Crippen LogP contribution in [0.25, 0.3) is 0 Å². The SMILES string of the molecule is FC(F)(F)c1cccc(NCc2ccc(Cl)cc2Br)c1. The normalized spacial score (nSPS) is 11.4. The molecule has 0 radical (unpaired) electrons. The maximum Gasteiger partial charge on any atom is 0.416 e. The van der Waals surface area contributed by atoms with E-state index in [0.717, 1.165) is 22.2 Å². The number of nitrogens with one attached hydrogen (secondary N) is 1. The summed E-state index contributed by atoms with van der Waals surface area (Å²) in [4.78, 5) is 0. The van der Waals surface area contributed by atoms with Crippen molar-refractivity contribution in [2.24, 2.45) is 0 Å². The zero-order chi connectivity index (χ0) is 14.8. The summed E-state index contributed by atoms with van der Waals surface area (Å²) in [5.41, 5.74) is 0.658. The second-order valence-corrected chi connectivity index (χ2v) is 5.46. The van der Waals surface area contributed by atoms with Crippen molar-refractivity contribution in [2.75, 3.05) is 5.32 Å². The lowest BCUT2D eigenvalue weighted by molar-refractivity contribution is -0.137. The number of hydrogen-bond donors (Lipinski definition) is 1. The molecular weight excluding hydrogens is 355 g/mol. The molecule has 0 saturated heterocycles. The van der Waals surface area contributed by atoms with Gasteiger partial charge in [0.25, 0.3) is 0 Å². The van der Waals surface area contributed by atoms with E-state index in [1.807, 2.05) is 6.07 Å². The molecule has 0 spiro atoms. The van der Waals surface area contributed by atoms with Gasteiger partial charge in [-0.25, -0.2) is 0 Å². The van der Waals surface area contributed by atoms with Gasteiger partial charge in [0.2, 0.25) is 0 Å². The summed E-state index contributed by atoms with van der Waals surface area (Å²) in [6, 6.07) is 10.4. The lowest BCUT2D eigenvalue weighted by atomic mass is 10.2. The number of rotatable bonds is 3. The highest BCUT2D eigenvalue weighted by molar-refractivity contribution is 9.10. The van der Waals surface area contributed by atoms with E-state index in [-0.39, 0.29) is 0 Å². The van der Waals surface area contributed by atoms with Crippen molar-refractivity contribution in [1.29, 1.82) is 0 Å². The van der Waals surface area contributed by atoms with Crippen molar-refractivity contribution in [3.8, 4) is 0 Å². The van der Waals surface area contributed by atoms with Crippen LogP contribution in [0.1, 0.15) is 11.1 Å². The van der Waals surface area contributed by atoms with E-state index in [2.05, 4.69) is 21.2 Å². The van der Waals surface area contributed by atoms with Crippen LogP contribution in [0.5, 0.6) is 0 Å². The largest absolute Gasteiger partial charge is 0.416 e. The number of hydrogen-bond acceptors (Lipinski definition) is 1. The molecule has 0 aliphatic rings. The third-order valence-electron chi connectivity index (χ3n) is 2.69. The molecule has 0 amide bonds. The summed E-state index contributed by atoms with van der Waals surface area (Å²) in [5.74, 6) is 0.